The first-order valence-electron chi connectivity index (χ1n) is 15.4. The van der Waals surface area contributed by atoms with Crippen molar-refractivity contribution < 1.29 is 19.1 Å². The molecule has 0 aromatic heterocycles. The highest BCUT2D eigenvalue weighted by Crippen LogP contribution is 2.55. The molecule has 2 bridgehead atoms. The third kappa shape index (κ3) is 5.03. The second-order valence-electron chi connectivity index (χ2n) is 12.9. The number of halogens is 1. The van der Waals surface area contributed by atoms with E-state index in [-0.39, 0.29) is 23.8 Å². The SMILES string of the molecule is Cc1ccc(NC(=O)[C@@H]2[C@@H]3C=C[C@]4(O3)[C@@H]2C(=O)N(CCC2=CCCCC2)[C@H]4C(=O)N[C@@H]2CCC[C@@H](C)[C@H]2C)cc1Cl. The molecule has 6 rings (SSSR count). The van der Waals surface area contributed by atoms with Gasteiger partial charge in [0.25, 0.3) is 0 Å². The third-order valence-electron chi connectivity index (χ3n) is 10.5. The summed E-state index contributed by atoms with van der Waals surface area (Å²) in [5.74, 6) is -1.21. The molecule has 220 valence electrons. The van der Waals surface area contributed by atoms with Crippen LogP contribution in [0.5, 0.6) is 0 Å². The standard InChI is InChI=1S/C33H42ClN3O4/c1-19-8-7-11-25(21(19)3)36-31(39)29-33-16-14-26(41-33)27(30(38)35-23-13-12-20(2)24(34)18-23)28(33)32(40)37(29)17-15-22-9-5-4-6-10-22/h9,12-14,16,18-19,21,25-29H,4-8,10-11,15,17H2,1-3H3,(H,35,38)(H,36,39)/t19-,21-,25-,26+,27-,28+,29+,33+/m1/s1. The molecule has 8 heteroatoms. The van der Waals surface area contributed by atoms with Crippen LogP contribution in [0.1, 0.15) is 70.8 Å². The highest BCUT2D eigenvalue weighted by atomic mass is 35.5. The number of fused-ring (bicyclic) bond motifs is 1. The molecule has 2 aliphatic carbocycles. The number of nitrogens with zero attached hydrogens (tertiary/aromatic N) is 1. The van der Waals surface area contributed by atoms with Gasteiger partial charge in [0.2, 0.25) is 17.7 Å². The van der Waals surface area contributed by atoms with Gasteiger partial charge in [-0.25, -0.2) is 0 Å². The van der Waals surface area contributed by atoms with E-state index in [1.165, 1.54) is 18.4 Å². The molecule has 3 heterocycles. The average Bonchev–Trinajstić information content (AvgIpc) is 3.60. The molecule has 3 fully saturated rings. The monoisotopic (exact) mass is 579 g/mol. The topological polar surface area (TPSA) is 87.7 Å². The first kappa shape index (κ1) is 28.5. The number of amides is 3. The van der Waals surface area contributed by atoms with Crippen molar-refractivity contribution in [3.8, 4) is 0 Å². The molecule has 1 aromatic rings. The van der Waals surface area contributed by atoms with Gasteiger partial charge in [-0.2, -0.15) is 0 Å². The van der Waals surface area contributed by atoms with Crippen LogP contribution >= 0.6 is 11.6 Å². The highest BCUT2D eigenvalue weighted by Gasteiger charge is 2.72. The summed E-state index contributed by atoms with van der Waals surface area (Å²) in [4.78, 5) is 43.9. The Morgan fingerprint density at radius 3 is 2.73 bits per heavy atom. The summed E-state index contributed by atoms with van der Waals surface area (Å²) < 4.78 is 6.53. The van der Waals surface area contributed by atoms with E-state index in [0.29, 0.717) is 29.1 Å². The van der Waals surface area contributed by atoms with Gasteiger partial charge in [0, 0.05) is 23.3 Å². The molecule has 5 aliphatic rings. The second kappa shape index (κ2) is 11.2. The Balaban J connectivity index is 1.28. The van der Waals surface area contributed by atoms with Gasteiger partial charge in [-0.15, -0.1) is 0 Å². The number of hydrogen-bond acceptors (Lipinski definition) is 4. The molecule has 41 heavy (non-hydrogen) atoms. The molecule has 1 aromatic carbocycles. The van der Waals surface area contributed by atoms with E-state index in [0.717, 1.165) is 44.1 Å². The quantitative estimate of drug-likeness (QED) is 0.414. The lowest BCUT2D eigenvalue weighted by molar-refractivity contribution is -0.141. The summed E-state index contributed by atoms with van der Waals surface area (Å²) in [6, 6.07) is 4.64. The van der Waals surface area contributed by atoms with Crippen molar-refractivity contribution in [3.63, 3.8) is 0 Å². The predicted octanol–water partition coefficient (Wildman–Crippen LogP) is 5.57. The lowest BCUT2D eigenvalue weighted by atomic mass is 9.73. The number of anilines is 1. The number of rotatable bonds is 7. The zero-order valence-corrected chi connectivity index (χ0v) is 25.1. The number of ether oxygens (including phenoxy) is 1. The zero-order valence-electron chi connectivity index (χ0n) is 24.3. The minimum absolute atomic E-state index is 0.0627. The van der Waals surface area contributed by atoms with E-state index in [2.05, 4.69) is 30.6 Å². The minimum Gasteiger partial charge on any atom is -0.359 e. The third-order valence-corrected chi connectivity index (χ3v) is 10.9. The van der Waals surface area contributed by atoms with Crippen LogP contribution in [0.2, 0.25) is 5.02 Å². The van der Waals surface area contributed by atoms with Gasteiger partial charge in [0.1, 0.15) is 11.6 Å². The summed E-state index contributed by atoms with van der Waals surface area (Å²) in [6.07, 6.45) is 13.9. The fourth-order valence-electron chi connectivity index (χ4n) is 7.85. The number of likely N-dealkylation sites (tertiary alicyclic amines) is 1. The molecule has 3 aliphatic heterocycles. The average molecular weight is 580 g/mol. The molecule has 2 N–H and O–H groups in total. The Kier molecular flexibility index (Phi) is 7.79. The van der Waals surface area contributed by atoms with Gasteiger partial charge in [-0.3, -0.25) is 14.4 Å². The maximum Gasteiger partial charge on any atom is 0.246 e. The van der Waals surface area contributed by atoms with Crippen molar-refractivity contribution in [3.05, 3.63) is 52.6 Å². The molecule has 0 unspecified atom stereocenters. The van der Waals surface area contributed by atoms with Crippen LogP contribution in [-0.4, -0.2) is 53.0 Å². The fourth-order valence-corrected chi connectivity index (χ4v) is 8.03. The van der Waals surface area contributed by atoms with Crippen LogP contribution in [0.25, 0.3) is 0 Å². The van der Waals surface area contributed by atoms with Crippen molar-refractivity contribution in [2.75, 3.05) is 11.9 Å². The number of nitrogens with one attached hydrogen (secondary N) is 2. The molecule has 1 saturated carbocycles. The van der Waals surface area contributed by atoms with Gasteiger partial charge < -0.3 is 20.3 Å². The molecule has 1 spiro atoms. The van der Waals surface area contributed by atoms with Crippen molar-refractivity contribution in [1.82, 2.24) is 10.2 Å². The normalized spacial score (nSPS) is 35.8. The van der Waals surface area contributed by atoms with Crippen LogP contribution in [0.3, 0.4) is 0 Å². The van der Waals surface area contributed by atoms with E-state index in [1.807, 2.05) is 31.2 Å². The summed E-state index contributed by atoms with van der Waals surface area (Å²) in [6.45, 7) is 6.80. The number of carbonyl (C=O) groups is 3. The first-order valence-corrected chi connectivity index (χ1v) is 15.8. The van der Waals surface area contributed by atoms with Gasteiger partial charge in [0.15, 0.2) is 0 Å². The highest BCUT2D eigenvalue weighted by molar-refractivity contribution is 6.31. The second-order valence-corrected chi connectivity index (χ2v) is 13.3. The van der Waals surface area contributed by atoms with E-state index >= 15 is 0 Å². The molecular formula is C33H42ClN3O4. The van der Waals surface area contributed by atoms with E-state index in [1.54, 1.807) is 11.0 Å². The Labute approximate surface area is 248 Å². The first-order chi connectivity index (χ1) is 19.7. The van der Waals surface area contributed by atoms with Crippen LogP contribution in [-0.2, 0) is 19.1 Å². The van der Waals surface area contributed by atoms with Crippen molar-refractivity contribution in [1.29, 1.82) is 0 Å². The molecule has 2 saturated heterocycles. The fraction of sp³-hybridized carbons (Fsp3) is 0.606. The predicted molar refractivity (Wildman–Crippen MR) is 159 cm³/mol. The van der Waals surface area contributed by atoms with Crippen molar-refractivity contribution >= 4 is 35.0 Å². The van der Waals surface area contributed by atoms with Gasteiger partial charge in [-0.1, -0.05) is 68.2 Å². The molecule has 0 radical (unpaired) electrons. The van der Waals surface area contributed by atoms with Crippen LogP contribution in [0.4, 0.5) is 5.69 Å². The van der Waals surface area contributed by atoms with Crippen LogP contribution < -0.4 is 10.6 Å². The summed E-state index contributed by atoms with van der Waals surface area (Å²) in [5, 5.41) is 6.87. The van der Waals surface area contributed by atoms with E-state index < -0.39 is 29.6 Å². The Bertz CT molecular complexity index is 1290. The number of allylic oxidation sites excluding steroid dienone is 1. The maximum atomic E-state index is 14.2. The number of hydrogen-bond donors (Lipinski definition) is 2. The largest absolute Gasteiger partial charge is 0.359 e. The van der Waals surface area contributed by atoms with E-state index in [9.17, 15) is 14.4 Å². The summed E-state index contributed by atoms with van der Waals surface area (Å²) in [7, 11) is 0. The Morgan fingerprint density at radius 1 is 1.15 bits per heavy atom. The lowest BCUT2D eigenvalue weighted by Gasteiger charge is -2.38. The summed E-state index contributed by atoms with van der Waals surface area (Å²) in [5.41, 5.74) is 1.69. The van der Waals surface area contributed by atoms with Gasteiger partial charge in [0.05, 0.1) is 17.9 Å². The Hall–Kier alpha value is -2.64. The Morgan fingerprint density at radius 2 is 1.98 bits per heavy atom. The maximum absolute atomic E-state index is 14.2. The molecule has 7 nitrogen and oxygen atoms in total. The lowest BCUT2D eigenvalue weighted by Crippen LogP contribution is -2.58. The molecular weight excluding hydrogens is 538 g/mol. The minimum atomic E-state index is -1.15. The smallest absolute Gasteiger partial charge is 0.246 e. The van der Waals surface area contributed by atoms with Gasteiger partial charge >= 0.3 is 0 Å². The number of benzene rings is 1. The van der Waals surface area contributed by atoms with Gasteiger partial charge in [-0.05, 0) is 75.0 Å². The zero-order chi connectivity index (χ0) is 28.9. The van der Waals surface area contributed by atoms with Crippen LogP contribution in [0, 0.1) is 30.6 Å². The summed E-state index contributed by atoms with van der Waals surface area (Å²) >= 11 is 6.31. The molecule has 8 atom stereocenters. The number of aryl methyl sites for hydroxylation is 1. The van der Waals surface area contributed by atoms with Crippen molar-refractivity contribution in [2.45, 2.75) is 95.9 Å². The van der Waals surface area contributed by atoms with Crippen molar-refractivity contribution in [2.24, 2.45) is 23.7 Å². The molecule has 3 amide bonds. The number of carbonyl (C=O) groups excluding carboxylic acids is 3. The van der Waals surface area contributed by atoms with Crippen LogP contribution in [0.15, 0.2) is 42.0 Å². The van der Waals surface area contributed by atoms with E-state index in [4.69, 9.17) is 16.3 Å².